The van der Waals surface area contributed by atoms with Crippen LogP contribution in [0.4, 0.5) is 10.5 Å². The molecule has 132 valence electrons. The Kier molecular flexibility index (Phi) is 3.41. The van der Waals surface area contributed by atoms with Gasteiger partial charge >= 0.3 is 6.09 Å². The fraction of sp³-hybridized carbons (Fsp3) is 0.550. The molecule has 0 aliphatic carbocycles. The van der Waals surface area contributed by atoms with Crippen LogP contribution in [0.1, 0.15) is 30.2 Å². The van der Waals surface area contributed by atoms with Crippen molar-refractivity contribution >= 4 is 33.2 Å². The lowest BCUT2D eigenvalue weighted by molar-refractivity contribution is -0.0881. The van der Waals surface area contributed by atoms with E-state index in [0.717, 1.165) is 44.6 Å². The molecule has 4 nitrogen and oxygen atoms in total. The lowest BCUT2D eigenvalue weighted by atomic mass is 9.75. The number of carbonyl (C=O) groups excluding carboxylic acids is 1. The Balaban J connectivity index is 1.51. The van der Waals surface area contributed by atoms with Gasteiger partial charge in [-0.05, 0) is 68.4 Å². The van der Waals surface area contributed by atoms with Crippen LogP contribution in [-0.2, 0) is 11.2 Å². The maximum atomic E-state index is 12.7. The Morgan fingerprint density at radius 2 is 2.08 bits per heavy atom. The number of anilines is 1. The van der Waals surface area contributed by atoms with Crippen LogP contribution in [0.15, 0.2) is 18.2 Å². The topological polar surface area (TPSA) is 32.8 Å². The number of amides is 1. The van der Waals surface area contributed by atoms with E-state index in [1.54, 1.807) is 0 Å². The molecule has 1 atom stereocenters. The number of piperidine rings is 3. The summed E-state index contributed by atoms with van der Waals surface area (Å²) in [6.45, 7) is 8.31. The van der Waals surface area contributed by atoms with E-state index in [-0.39, 0.29) is 11.7 Å². The average Bonchev–Trinajstić information content (AvgIpc) is 3.11. The minimum atomic E-state index is -0.291. The number of carbonyl (C=O) groups is 1. The highest BCUT2D eigenvalue weighted by molar-refractivity contribution is 7.19. The van der Waals surface area contributed by atoms with Gasteiger partial charge in [0.25, 0.3) is 0 Å². The van der Waals surface area contributed by atoms with Gasteiger partial charge in [0.05, 0.1) is 6.54 Å². The van der Waals surface area contributed by atoms with Crippen LogP contribution in [0.2, 0.25) is 0 Å². The molecule has 2 aromatic rings. The van der Waals surface area contributed by atoms with E-state index in [1.807, 2.05) is 16.2 Å². The second kappa shape index (κ2) is 5.45. The molecule has 5 heterocycles. The van der Waals surface area contributed by atoms with Gasteiger partial charge in [-0.25, -0.2) is 4.79 Å². The molecule has 4 aliphatic heterocycles. The first-order chi connectivity index (χ1) is 12.1. The summed E-state index contributed by atoms with van der Waals surface area (Å²) in [5, 5.41) is 1.30. The molecule has 0 radical (unpaired) electrons. The highest BCUT2D eigenvalue weighted by Gasteiger charge is 2.55. The third-order valence-corrected chi connectivity index (χ3v) is 7.53. The third kappa shape index (κ3) is 2.25. The minimum Gasteiger partial charge on any atom is -0.439 e. The predicted octanol–water partition coefficient (Wildman–Crippen LogP) is 4.19. The Morgan fingerprint density at radius 3 is 2.76 bits per heavy atom. The molecule has 4 saturated heterocycles. The van der Waals surface area contributed by atoms with Crippen molar-refractivity contribution in [3.63, 3.8) is 0 Å². The summed E-state index contributed by atoms with van der Waals surface area (Å²) in [5.41, 5.74) is 2.10. The monoisotopic (exact) mass is 356 g/mol. The van der Waals surface area contributed by atoms with Gasteiger partial charge in [0.2, 0.25) is 0 Å². The summed E-state index contributed by atoms with van der Waals surface area (Å²) in [6, 6.07) is 6.44. The van der Waals surface area contributed by atoms with E-state index >= 15 is 0 Å². The molecular weight excluding hydrogens is 332 g/mol. The number of hydrogen-bond donors (Lipinski definition) is 0. The molecule has 1 aromatic carbocycles. The van der Waals surface area contributed by atoms with E-state index in [9.17, 15) is 4.79 Å². The fourth-order valence-corrected chi connectivity index (χ4v) is 6.21. The quantitative estimate of drug-likeness (QED) is 0.809. The van der Waals surface area contributed by atoms with Crippen molar-refractivity contribution in [1.82, 2.24) is 4.90 Å². The smallest absolute Gasteiger partial charge is 0.415 e. The van der Waals surface area contributed by atoms with Gasteiger partial charge in [-0.2, -0.15) is 0 Å². The summed E-state index contributed by atoms with van der Waals surface area (Å²) in [7, 11) is 0. The Morgan fingerprint density at radius 1 is 1.28 bits per heavy atom. The Hall–Kier alpha value is -1.59. The highest BCUT2D eigenvalue weighted by atomic mass is 32.1. The zero-order valence-electron chi connectivity index (χ0n) is 14.9. The summed E-state index contributed by atoms with van der Waals surface area (Å²) in [6.07, 6.45) is 3.17. The maximum Gasteiger partial charge on any atom is 0.415 e. The number of rotatable bonds is 2. The second-order valence-corrected chi connectivity index (χ2v) is 9.00. The maximum absolute atomic E-state index is 12.7. The molecule has 1 amide bonds. The van der Waals surface area contributed by atoms with Crippen molar-refractivity contribution in [2.75, 3.05) is 31.1 Å². The van der Waals surface area contributed by atoms with Gasteiger partial charge in [-0.15, -0.1) is 11.3 Å². The number of thiophene rings is 1. The van der Waals surface area contributed by atoms with Crippen LogP contribution < -0.4 is 4.90 Å². The molecule has 1 spiro atoms. The van der Waals surface area contributed by atoms with E-state index in [4.69, 9.17) is 4.74 Å². The van der Waals surface area contributed by atoms with Gasteiger partial charge in [0.1, 0.15) is 5.60 Å². The van der Waals surface area contributed by atoms with Crippen molar-refractivity contribution in [2.45, 2.75) is 38.7 Å². The van der Waals surface area contributed by atoms with Crippen LogP contribution in [0.3, 0.4) is 0 Å². The third-order valence-electron chi connectivity index (χ3n) is 6.40. The summed E-state index contributed by atoms with van der Waals surface area (Å²) in [4.78, 5) is 18.4. The standard InChI is InChI=1S/C20H24N2O2S/c1-3-16-13(2)25-18-5-4-15(10-17(16)18)22-12-20(24-19(22)23)11-21-8-6-14(20)7-9-21/h4-5,10,14H,3,6-9,11-12H2,1-2H3/t20-/m1/s1. The zero-order valence-corrected chi connectivity index (χ0v) is 15.7. The van der Waals surface area contributed by atoms with Crippen LogP contribution in [0, 0.1) is 12.8 Å². The highest BCUT2D eigenvalue weighted by Crippen LogP contribution is 2.44. The second-order valence-electron chi connectivity index (χ2n) is 7.74. The molecule has 5 heteroatoms. The number of fused-ring (bicyclic) bond motifs is 3. The van der Waals surface area contributed by atoms with Crippen molar-refractivity contribution in [3.8, 4) is 0 Å². The molecule has 0 saturated carbocycles. The Labute approximate surface area is 152 Å². The molecule has 4 aliphatic rings. The molecule has 4 fully saturated rings. The molecule has 25 heavy (non-hydrogen) atoms. The van der Waals surface area contributed by atoms with Crippen molar-refractivity contribution < 1.29 is 9.53 Å². The predicted molar refractivity (Wildman–Crippen MR) is 102 cm³/mol. The number of hydrogen-bond acceptors (Lipinski definition) is 4. The molecule has 6 rings (SSSR count). The average molecular weight is 356 g/mol. The summed E-state index contributed by atoms with van der Waals surface area (Å²) < 4.78 is 7.32. The van der Waals surface area contributed by atoms with Crippen molar-refractivity contribution in [3.05, 3.63) is 28.6 Å². The summed E-state index contributed by atoms with van der Waals surface area (Å²) >= 11 is 1.85. The van der Waals surface area contributed by atoms with Gasteiger partial charge < -0.3 is 4.74 Å². The summed E-state index contributed by atoms with van der Waals surface area (Å²) in [5.74, 6) is 0.518. The number of nitrogens with zero attached hydrogens (tertiary/aromatic N) is 2. The van der Waals surface area contributed by atoms with E-state index in [2.05, 4.69) is 36.9 Å². The van der Waals surface area contributed by atoms with Gasteiger partial charge in [-0.3, -0.25) is 9.80 Å². The van der Waals surface area contributed by atoms with Gasteiger partial charge in [0.15, 0.2) is 0 Å². The number of aryl methyl sites for hydroxylation is 2. The van der Waals surface area contributed by atoms with Crippen LogP contribution >= 0.6 is 11.3 Å². The van der Waals surface area contributed by atoms with E-state index in [1.165, 1.54) is 20.5 Å². The molecule has 1 aromatic heterocycles. The van der Waals surface area contributed by atoms with E-state index < -0.39 is 0 Å². The lowest BCUT2D eigenvalue weighted by Crippen LogP contribution is -2.61. The first-order valence-corrected chi connectivity index (χ1v) is 10.2. The number of benzene rings is 1. The SMILES string of the molecule is CCc1c(C)sc2ccc(N3C[C@@]4(CN5CCC4CC5)OC3=O)cc12. The van der Waals surface area contributed by atoms with Gasteiger partial charge in [-0.1, -0.05) is 6.92 Å². The van der Waals surface area contributed by atoms with Crippen LogP contribution in [-0.4, -0.2) is 42.8 Å². The molecule has 2 bridgehead atoms. The van der Waals surface area contributed by atoms with Gasteiger partial charge in [0, 0.05) is 27.7 Å². The molecule has 0 N–H and O–H groups in total. The minimum absolute atomic E-state index is 0.168. The van der Waals surface area contributed by atoms with E-state index in [0.29, 0.717) is 12.5 Å². The molecule has 0 unspecified atom stereocenters. The number of ether oxygens (including phenoxy) is 1. The molecular formula is C20H24N2O2S. The van der Waals surface area contributed by atoms with Crippen LogP contribution in [0.5, 0.6) is 0 Å². The van der Waals surface area contributed by atoms with Crippen molar-refractivity contribution in [1.29, 1.82) is 0 Å². The normalized spacial score (nSPS) is 31.3. The van der Waals surface area contributed by atoms with Crippen LogP contribution in [0.25, 0.3) is 10.1 Å². The first kappa shape index (κ1) is 15.6. The Bertz CT molecular complexity index is 853. The fourth-order valence-electron chi connectivity index (χ4n) is 5.08. The van der Waals surface area contributed by atoms with Crippen molar-refractivity contribution in [2.24, 2.45) is 5.92 Å². The first-order valence-electron chi connectivity index (χ1n) is 9.34. The zero-order chi connectivity index (χ0) is 17.2. The largest absolute Gasteiger partial charge is 0.439 e. The lowest BCUT2D eigenvalue weighted by Gasteiger charge is -2.49.